The molecule has 78 valence electrons. The monoisotopic (exact) mass is 193 g/mol. The normalized spacial score (nSPS) is 18.6. The van der Waals surface area contributed by atoms with Crippen LogP contribution >= 0.6 is 0 Å². The Balaban J connectivity index is 2.09. The summed E-state index contributed by atoms with van der Waals surface area (Å²) in [6.07, 6.45) is 11.6. The van der Waals surface area contributed by atoms with E-state index in [1.807, 2.05) is 12.5 Å². The highest BCUT2D eigenvalue weighted by atomic mass is 15.1. The third-order valence-electron chi connectivity index (χ3n) is 3.11. The van der Waals surface area contributed by atoms with Gasteiger partial charge >= 0.3 is 0 Å². The van der Waals surface area contributed by atoms with E-state index < -0.39 is 0 Å². The van der Waals surface area contributed by atoms with Gasteiger partial charge in [-0.05, 0) is 19.4 Å². The Bertz CT molecular complexity index is 274. The Morgan fingerprint density at radius 3 is 2.86 bits per heavy atom. The zero-order valence-electron chi connectivity index (χ0n) is 8.65. The molecule has 1 aromatic heterocycles. The SMILES string of the molecule is NCCc1cncn1C1CCCCC1. The highest BCUT2D eigenvalue weighted by Gasteiger charge is 2.16. The summed E-state index contributed by atoms with van der Waals surface area (Å²) in [4.78, 5) is 4.22. The summed E-state index contributed by atoms with van der Waals surface area (Å²) in [5.41, 5.74) is 6.88. The van der Waals surface area contributed by atoms with Gasteiger partial charge in [0.2, 0.25) is 0 Å². The van der Waals surface area contributed by atoms with E-state index >= 15 is 0 Å². The largest absolute Gasteiger partial charge is 0.332 e. The first-order valence-electron chi connectivity index (χ1n) is 5.62. The lowest BCUT2D eigenvalue weighted by Crippen LogP contribution is -2.16. The lowest BCUT2D eigenvalue weighted by atomic mass is 9.95. The second kappa shape index (κ2) is 4.60. The molecule has 14 heavy (non-hydrogen) atoms. The summed E-state index contributed by atoms with van der Waals surface area (Å²) in [6.45, 7) is 0.721. The van der Waals surface area contributed by atoms with Crippen molar-refractivity contribution in [2.45, 2.75) is 44.6 Å². The highest BCUT2D eigenvalue weighted by Crippen LogP contribution is 2.28. The van der Waals surface area contributed by atoms with E-state index in [1.54, 1.807) is 0 Å². The zero-order valence-corrected chi connectivity index (χ0v) is 8.65. The Morgan fingerprint density at radius 2 is 2.14 bits per heavy atom. The van der Waals surface area contributed by atoms with Gasteiger partial charge in [0.1, 0.15) is 0 Å². The van der Waals surface area contributed by atoms with E-state index in [9.17, 15) is 0 Å². The van der Waals surface area contributed by atoms with Crippen LogP contribution in [0, 0.1) is 0 Å². The molecule has 3 nitrogen and oxygen atoms in total. The molecule has 1 aromatic rings. The van der Waals surface area contributed by atoms with Gasteiger partial charge in [-0.2, -0.15) is 0 Å². The van der Waals surface area contributed by atoms with Gasteiger partial charge in [0.05, 0.1) is 6.33 Å². The number of nitrogens with zero attached hydrogens (tertiary/aromatic N) is 2. The molecule has 0 aliphatic heterocycles. The summed E-state index contributed by atoms with van der Waals surface area (Å²) in [6, 6.07) is 0.688. The molecule has 2 rings (SSSR count). The first-order chi connectivity index (χ1) is 6.92. The zero-order chi connectivity index (χ0) is 9.80. The van der Waals surface area contributed by atoms with Crippen LogP contribution in [0.2, 0.25) is 0 Å². The molecule has 0 amide bonds. The van der Waals surface area contributed by atoms with Crippen LogP contribution in [-0.2, 0) is 6.42 Å². The van der Waals surface area contributed by atoms with Crippen molar-refractivity contribution >= 4 is 0 Å². The maximum atomic E-state index is 5.58. The molecule has 2 N–H and O–H groups in total. The summed E-state index contributed by atoms with van der Waals surface area (Å²) in [5.74, 6) is 0. The summed E-state index contributed by atoms with van der Waals surface area (Å²) in [7, 11) is 0. The van der Waals surface area contributed by atoms with E-state index in [4.69, 9.17) is 5.73 Å². The standard InChI is InChI=1S/C11H19N3/c12-7-6-11-8-13-9-14(11)10-4-2-1-3-5-10/h8-10H,1-7,12H2. The minimum absolute atomic E-state index is 0.688. The molecule has 0 atom stereocenters. The van der Waals surface area contributed by atoms with Crippen molar-refractivity contribution in [2.24, 2.45) is 5.73 Å². The Morgan fingerprint density at radius 1 is 1.36 bits per heavy atom. The van der Waals surface area contributed by atoms with Crippen LogP contribution in [0.3, 0.4) is 0 Å². The molecule has 1 heterocycles. The summed E-state index contributed by atoms with van der Waals surface area (Å²) in [5, 5.41) is 0. The number of imidazole rings is 1. The average Bonchev–Trinajstić information content (AvgIpc) is 2.68. The third-order valence-corrected chi connectivity index (χ3v) is 3.11. The van der Waals surface area contributed by atoms with Crippen molar-refractivity contribution in [3.63, 3.8) is 0 Å². The van der Waals surface area contributed by atoms with Gasteiger partial charge in [0.25, 0.3) is 0 Å². The topological polar surface area (TPSA) is 43.8 Å². The number of hydrogen-bond acceptors (Lipinski definition) is 2. The van der Waals surface area contributed by atoms with Gasteiger partial charge in [0, 0.05) is 24.4 Å². The molecular formula is C11H19N3. The molecule has 1 fully saturated rings. The van der Waals surface area contributed by atoms with Gasteiger partial charge in [-0.1, -0.05) is 19.3 Å². The molecule has 1 saturated carbocycles. The van der Waals surface area contributed by atoms with Crippen LogP contribution in [-0.4, -0.2) is 16.1 Å². The maximum absolute atomic E-state index is 5.58. The number of aromatic nitrogens is 2. The van der Waals surface area contributed by atoms with Crippen LogP contribution in [0.5, 0.6) is 0 Å². The van der Waals surface area contributed by atoms with Gasteiger partial charge in [-0.25, -0.2) is 4.98 Å². The van der Waals surface area contributed by atoms with E-state index in [1.165, 1.54) is 37.8 Å². The van der Waals surface area contributed by atoms with E-state index in [2.05, 4.69) is 9.55 Å². The van der Waals surface area contributed by atoms with Crippen molar-refractivity contribution < 1.29 is 0 Å². The molecule has 0 radical (unpaired) electrons. The number of hydrogen-bond donors (Lipinski definition) is 1. The van der Waals surface area contributed by atoms with Crippen LogP contribution in [0.25, 0.3) is 0 Å². The fraction of sp³-hybridized carbons (Fsp3) is 0.727. The quantitative estimate of drug-likeness (QED) is 0.796. The Labute approximate surface area is 85.3 Å². The maximum Gasteiger partial charge on any atom is 0.0950 e. The van der Waals surface area contributed by atoms with Gasteiger partial charge in [-0.3, -0.25) is 0 Å². The lowest BCUT2D eigenvalue weighted by Gasteiger charge is -2.24. The molecule has 0 aromatic carbocycles. The van der Waals surface area contributed by atoms with Crippen molar-refractivity contribution in [3.05, 3.63) is 18.2 Å². The molecule has 3 heteroatoms. The van der Waals surface area contributed by atoms with Crippen LogP contribution < -0.4 is 5.73 Å². The Kier molecular flexibility index (Phi) is 3.19. The third kappa shape index (κ3) is 1.98. The Hall–Kier alpha value is -0.830. The molecule has 0 saturated heterocycles. The second-order valence-electron chi connectivity index (χ2n) is 4.12. The van der Waals surface area contributed by atoms with E-state index in [0.717, 1.165) is 13.0 Å². The fourth-order valence-corrected chi connectivity index (χ4v) is 2.36. The van der Waals surface area contributed by atoms with Crippen LogP contribution in [0.1, 0.15) is 43.8 Å². The molecule has 0 unspecified atom stereocenters. The van der Waals surface area contributed by atoms with Gasteiger partial charge in [-0.15, -0.1) is 0 Å². The lowest BCUT2D eigenvalue weighted by molar-refractivity contribution is 0.346. The molecular weight excluding hydrogens is 174 g/mol. The highest BCUT2D eigenvalue weighted by molar-refractivity contribution is 5.01. The van der Waals surface area contributed by atoms with E-state index in [-0.39, 0.29) is 0 Å². The van der Waals surface area contributed by atoms with Crippen LogP contribution in [0.15, 0.2) is 12.5 Å². The van der Waals surface area contributed by atoms with Crippen LogP contribution in [0.4, 0.5) is 0 Å². The molecule has 1 aliphatic carbocycles. The summed E-state index contributed by atoms with van der Waals surface area (Å²) >= 11 is 0. The first-order valence-corrected chi connectivity index (χ1v) is 5.62. The van der Waals surface area contributed by atoms with Gasteiger partial charge in [0.15, 0.2) is 0 Å². The number of nitrogens with two attached hydrogens (primary N) is 1. The molecule has 0 bridgehead atoms. The molecule has 1 aliphatic rings. The second-order valence-corrected chi connectivity index (χ2v) is 4.12. The first kappa shape index (κ1) is 9.71. The average molecular weight is 193 g/mol. The smallest absolute Gasteiger partial charge is 0.0950 e. The predicted molar refractivity (Wildman–Crippen MR) is 57.1 cm³/mol. The fourth-order valence-electron chi connectivity index (χ4n) is 2.36. The molecule has 0 spiro atoms. The minimum Gasteiger partial charge on any atom is -0.332 e. The van der Waals surface area contributed by atoms with Crippen molar-refractivity contribution in [2.75, 3.05) is 6.54 Å². The van der Waals surface area contributed by atoms with Crippen molar-refractivity contribution in [3.8, 4) is 0 Å². The summed E-state index contributed by atoms with van der Waals surface area (Å²) < 4.78 is 2.34. The predicted octanol–water partition coefficient (Wildman–Crippen LogP) is 1.89. The van der Waals surface area contributed by atoms with E-state index in [0.29, 0.717) is 6.04 Å². The van der Waals surface area contributed by atoms with Crippen molar-refractivity contribution in [1.29, 1.82) is 0 Å². The minimum atomic E-state index is 0.688. The number of rotatable bonds is 3. The van der Waals surface area contributed by atoms with Gasteiger partial charge < -0.3 is 10.3 Å². The van der Waals surface area contributed by atoms with Crippen molar-refractivity contribution in [1.82, 2.24) is 9.55 Å².